The van der Waals surface area contributed by atoms with Gasteiger partial charge in [-0.15, -0.1) is 0 Å². The Hall–Kier alpha value is -2.03. The van der Waals surface area contributed by atoms with E-state index >= 15 is 0 Å². The van der Waals surface area contributed by atoms with Gasteiger partial charge in [-0.3, -0.25) is 4.79 Å². The molecule has 0 spiro atoms. The van der Waals surface area contributed by atoms with Crippen LogP contribution >= 0.6 is 0 Å². The van der Waals surface area contributed by atoms with Gasteiger partial charge in [-0.05, 0) is 43.0 Å². The van der Waals surface area contributed by atoms with E-state index in [9.17, 15) is 4.79 Å². The summed E-state index contributed by atoms with van der Waals surface area (Å²) in [6.07, 6.45) is 8.20. The van der Waals surface area contributed by atoms with Crippen LogP contribution in [0.25, 0.3) is 0 Å². The molecule has 1 aromatic heterocycles. The van der Waals surface area contributed by atoms with Crippen molar-refractivity contribution in [2.24, 2.45) is 5.41 Å². The number of nitrogens with zero attached hydrogens (tertiary/aromatic N) is 2. The van der Waals surface area contributed by atoms with E-state index in [4.69, 9.17) is 0 Å². The lowest BCUT2D eigenvalue weighted by molar-refractivity contribution is -0.143. The summed E-state index contributed by atoms with van der Waals surface area (Å²) in [5, 5.41) is 0. The van der Waals surface area contributed by atoms with Gasteiger partial charge in [0.15, 0.2) is 0 Å². The minimum absolute atomic E-state index is 0.276. The highest BCUT2D eigenvalue weighted by Crippen LogP contribution is 2.29. The summed E-state index contributed by atoms with van der Waals surface area (Å²) in [6.45, 7) is 9.85. The van der Waals surface area contributed by atoms with Crippen LogP contribution in [0.2, 0.25) is 0 Å². The van der Waals surface area contributed by atoms with Crippen molar-refractivity contribution in [3.8, 4) is 0 Å². The molecule has 1 saturated carbocycles. The molecule has 3 nitrogen and oxygen atoms in total. The molecule has 3 rings (SSSR count). The molecule has 3 heteroatoms. The quantitative estimate of drug-likeness (QED) is 0.681. The van der Waals surface area contributed by atoms with Crippen molar-refractivity contribution in [2.75, 3.05) is 0 Å². The maximum Gasteiger partial charge on any atom is 0.228 e. The van der Waals surface area contributed by atoms with Gasteiger partial charge in [-0.2, -0.15) is 0 Å². The van der Waals surface area contributed by atoms with Gasteiger partial charge in [-0.1, -0.05) is 64.3 Å². The number of hydrogen-bond acceptors (Lipinski definition) is 1. The Labute approximate surface area is 164 Å². The number of amides is 1. The van der Waals surface area contributed by atoms with Gasteiger partial charge in [-0.25, -0.2) is 0 Å². The van der Waals surface area contributed by atoms with E-state index in [-0.39, 0.29) is 11.3 Å². The second-order valence-electron chi connectivity index (χ2n) is 9.03. The topological polar surface area (TPSA) is 25.2 Å². The van der Waals surface area contributed by atoms with E-state index in [1.807, 2.05) is 20.8 Å². The van der Waals surface area contributed by atoms with Crippen LogP contribution in [0.3, 0.4) is 0 Å². The largest absolute Gasteiger partial charge is 0.345 e. The van der Waals surface area contributed by atoms with Crippen LogP contribution in [0.4, 0.5) is 0 Å². The van der Waals surface area contributed by atoms with Crippen molar-refractivity contribution in [3.63, 3.8) is 0 Å². The van der Waals surface area contributed by atoms with Crippen LogP contribution in [0.15, 0.2) is 42.6 Å². The molecule has 0 atom stereocenters. The van der Waals surface area contributed by atoms with Crippen LogP contribution in [0.1, 0.15) is 69.7 Å². The van der Waals surface area contributed by atoms with E-state index < -0.39 is 0 Å². The van der Waals surface area contributed by atoms with E-state index in [2.05, 4.69) is 59.0 Å². The van der Waals surface area contributed by atoms with Crippen LogP contribution in [-0.4, -0.2) is 21.4 Å². The predicted octanol–water partition coefficient (Wildman–Crippen LogP) is 5.55. The van der Waals surface area contributed by atoms with Gasteiger partial charge in [0, 0.05) is 29.9 Å². The minimum Gasteiger partial charge on any atom is -0.345 e. The van der Waals surface area contributed by atoms with Gasteiger partial charge in [0.1, 0.15) is 0 Å². The van der Waals surface area contributed by atoms with Gasteiger partial charge < -0.3 is 9.47 Å². The van der Waals surface area contributed by atoms with Crippen molar-refractivity contribution in [2.45, 2.75) is 78.9 Å². The van der Waals surface area contributed by atoms with Crippen molar-refractivity contribution in [1.29, 1.82) is 0 Å². The standard InChI is InChI=1S/C24H34N2O/c1-19-11-8-9-12-20(19)17-25-16-10-15-22(25)18-26(23(27)24(2,3)4)21-13-6-5-7-14-21/h8-12,15-16,21H,5-7,13-14,17-18H2,1-4H3. The normalized spacial score (nSPS) is 15.7. The fraction of sp³-hybridized carbons (Fsp3) is 0.542. The molecular formula is C24H34N2O. The number of rotatable bonds is 5. The Balaban J connectivity index is 1.83. The summed E-state index contributed by atoms with van der Waals surface area (Å²) in [5.74, 6) is 0.276. The second-order valence-corrected chi connectivity index (χ2v) is 9.03. The molecule has 0 radical (unpaired) electrons. The van der Waals surface area contributed by atoms with Crippen molar-refractivity contribution in [1.82, 2.24) is 9.47 Å². The van der Waals surface area contributed by atoms with E-state index in [0.29, 0.717) is 12.6 Å². The van der Waals surface area contributed by atoms with Gasteiger partial charge in [0.25, 0.3) is 0 Å². The molecule has 1 fully saturated rings. The SMILES string of the molecule is Cc1ccccc1Cn1cccc1CN(C(=O)C(C)(C)C)C1CCCCC1. The Bertz CT molecular complexity index is 763. The summed E-state index contributed by atoms with van der Waals surface area (Å²) >= 11 is 0. The third-order valence-electron chi connectivity index (χ3n) is 5.78. The lowest BCUT2D eigenvalue weighted by Gasteiger charge is -2.38. The Morgan fingerprint density at radius 2 is 1.78 bits per heavy atom. The van der Waals surface area contributed by atoms with E-state index in [1.54, 1.807) is 0 Å². The number of carbonyl (C=O) groups excluding carboxylic acids is 1. The molecule has 1 aliphatic carbocycles. The summed E-state index contributed by atoms with van der Waals surface area (Å²) in [5.41, 5.74) is 3.53. The highest BCUT2D eigenvalue weighted by molar-refractivity contribution is 5.81. The highest BCUT2D eigenvalue weighted by Gasteiger charge is 2.33. The molecular weight excluding hydrogens is 332 g/mol. The fourth-order valence-corrected chi connectivity index (χ4v) is 4.08. The van der Waals surface area contributed by atoms with E-state index in [0.717, 1.165) is 19.4 Å². The number of benzene rings is 1. The second kappa shape index (κ2) is 8.33. The molecule has 1 amide bonds. The smallest absolute Gasteiger partial charge is 0.228 e. The Morgan fingerprint density at radius 1 is 1.07 bits per heavy atom. The monoisotopic (exact) mass is 366 g/mol. The molecule has 0 aliphatic heterocycles. The molecule has 1 aliphatic rings. The predicted molar refractivity (Wildman–Crippen MR) is 112 cm³/mol. The minimum atomic E-state index is -0.342. The Morgan fingerprint density at radius 3 is 2.44 bits per heavy atom. The molecule has 1 aromatic carbocycles. The average molecular weight is 367 g/mol. The van der Waals surface area contributed by atoms with E-state index in [1.165, 1.54) is 36.1 Å². The van der Waals surface area contributed by atoms with Crippen molar-refractivity contribution in [3.05, 3.63) is 59.4 Å². The van der Waals surface area contributed by atoms with Gasteiger partial charge >= 0.3 is 0 Å². The molecule has 0 N–H and O–H groups in total. The Kier molecular flexibility index (Phi) is 6.08. The van der Waals surface area contributed by atoms with Crippen molar-refractivity contribution < 1.29 is 4.79 Å². The third kappa shape index (κ3) is 4.82. The fourth-order valence-electron chi connectivity index (χ4n) is 4.08. The van der Waals surface area contributed by atoms with Crippen molar-refractivity contribution >= 4 is 5.91 Å². The summed E-state index contributed by atoms with van der Waals surface area (Å²) in [4.78, 5) is 15.4. The average Bonchev–Trinajstić information content (AvgIpc) is 3.08. The molecule has 0 saturated heterocycles. The first-order chi connectivity index (χ1) is 12.9. The first-order valence-electron chi connectivity index (χ1n) is 10.4. The number of carbonyl (C=O) groups is 1. The van der Waals surface area contributed by atoms with Gasteiger partial charge in [0.05, 0.1) is 6.54 Å². The lowest BCUT2D eigenvalue weighted by atomic mass is 9.89. The molecule has 2 aromatic rings. The number of hydrogen-bond donors (Lipinski definition) is 0. The molecule has 0 bridgehead atoms. The first kappa shape index (κ1) is 19.7. The molecule has 1 heterocycles. The highest BCUT2D eigenvalue weighted by atomic mass is 16.2. The zero-order valence-electron chi connectivity index (χ0n) is 17.4. The molecule has 146 valence electrons. The first-order valence-corrected chi connectivity index (χ1v) is 10.4. The maximum absolute atomic E-state index is 13.2. The van der Waals surface area contributed by atoms with Crippen LogP contribution < -0.4 is 0 Å². The maximum atomic E-state index is 13.2. The zero-order valence-corrected chi connectivity index (χ0v) is 17.4. The van der Waals surface area contributed by atoms with Gasteiger partial charge in [0.2, 0.25) is 5.91 Å². The number of aromatic nitrogens is 1. The summed E-state index contributed by atoms with van der Waals surface area (Å²) in [7, 11) is 0. The summed E-state index contributed by atoms with van der Waals surface area (Å²) in [6, 6.07) is 13.2. The molecule has 0 unspecified atom stereocenters. The number of aryl methyl sites for hydroxylation is 1. The van der Waals surface area contributed by atoms with Crippen LogP contribution in [0.5, 0.6) is 0 Å². The van der Waals surface area contributed by atoms with Crippen LogP contribution in [-0.2, 0) is 17.9 Å². The third-order valence-corrected chi connectivity index (χ3v) is 5.78. The summed E-state index contributed by atoms with van der Waals surface area (Å²) < 4.78 is 2.30. The lowest BCUT2D eigenvalue weighted by Crippen LogP contribution is -2.46. The molecule has 27 heavy (non-hydrogen) atoms. The zero-order chi connectivity index (χ0) is 19.4. The van der Waals surface area contributed by atoms with Crippen LogP contribution in [0, 0.1) is 12.3 Å².